The van der Waals surface area contributed by atoms with Crippen LogP contribution in [0.3, 0.4) is 0 Å². The smallest absolute Gasteiger partial charge is 0.261 e. The number of para-hydroxylation sites is 1. The third kappa shape index (κ3) is 4.57. The average molecular weight is 432 g/mol. The van der Waals surface area contributed by atoms with Crippen molar-refractivity contribution in [1.82, 2.24) is 10.3 Å². The number of methoxy groups -OCH3 is 1. The molecule has 0 saturated carbocycles. The minimum Gasteiger partial charge on any atom is -0.496 e. The monoisotopic (exact) mass is 431 g/mol. The van der Waals surface area contributed by atoms with E-state index in [0.29, 0.717) is 17.2 Å². The van der Waals surface area contributed by atoms with E-state index in [1.807, 2.05) is 42.5 Å². The number of oxazole rings is 1. The van der Waals surface area contributed by atoms with E-state index in [-0.39, 0.29) is 11.0 Å². The summed E-state index contributed by atoms with van der Waals surface area (Å²) in [6.07, 6.45) is 0.950. The first-order valence-corrected chi connectivity index (χ1v) is 10.2. The van der Waals surface area contributed by atoms with E-state index in [1.54, 1.807) is 24.3 Å². The average Bonchev–Trinajstić information content (AvgIpc) is 3.22. The Kier molecular flexibility index (Phi) is 5.95. The van der Waals surface area contributed by atoms with Crippen LogP contribution in [0, 0.1) is 0 Å². The number of aryl methyl sites for hydroxylation is 1. The second kappa shape index (κ2) is 8.97. The molecule has 0 bridgehead atoms. The molecule has 0 unspecified atom stereocenters. The Morgan fingerprint density at radius 1 is 1.10 bits per heavy atom. The van der Waals surface area contributed by atoms with Crippen LogP contribution in [0.2, 0.25) is 0 Å². The van der Waals surface area contributed by atoms with Gasteiger partial charge in [-0.05, 0) is 72.7 Å². The van der Waals surface area contributed by atoms with Gasteiger partial charge in [-0.1, -0.05) is 25.1 Å². The fourth-order valence-corrected chi connectivity index (χ4v) is 3.39. The van der Waals surface area contributed by atoms with Crippen molar-refractivity contribution >= 4 is 40.0 Å². The largest absolute Gasteiger partial charge is 0.496 e. The molecule has 0 aliphatic heterocycles. The summed E-state index contributed by atoms with van der Waals surface area (Å²) in [5.74, 6) is 0.697. The quantitative estimate of drug-likeness (QED) is 0.424. The molecule has 3 aromatic carbocycles. The number of benzene rings is 3. The zero-order valence-electron chi connectivity index (χ0n) is 17.1. The summed E-state index contributed by atoms with van der Waals surface area (Å²) in [7, 11) is 1.52. The molecular weight excluding hydrogens is 410 g/mol. The fraction of sp³-hybridized carbons (Fsp3) is 0.125. The summed E-state index contributed by atoms with van der Waals surface area (Å²) in [6.45, 7) is 2.11. The van der Waals surface area contributed by atoms with Gasteiger partial charge in [0.2, 0.25) is 5.89 Å². The Balaban J connectivity index is 1.43. The van der Waals surface area contributed by atoms with E-state index in [9.17, 15) is 4.79 Å². The molecule has 2 N–H and O–H groups in total. The first-order valence-electron chi connectivity index (χ1n) is 9.82. The lowest BCUT2D eigenvalue weighted by molar-refractivity contribution is 0.0975. The van der Waals surface area contributed by atoms with Crippen LogP contribution in [-0.4, -0.2) is 23.1 Å². The molecule has 0 saturated heterocycles. The molecule has 0 spiro atoms. The molecule has 0 aliphatic carbocycles. The van der Waals surface area contributed by atoms with Gasteiger partial charge in [0.05, 0.1) is 12.7 Å². The van der Waals surface area contributed by atoms with Crippen LogP contribution in [0.25, 0.3) is 22.6 Å². The molecule has 1 heterocycles. The van der Waals surface area contributed by atoms with E-state index in [1.165, 1.54) is 12.7 Å². The third-order valence-electron chi connectivity index (χ3n) is 4.83. The van der Waals surface area contributed by atoms with Gasteiger partial charge in [0.25, 0.3) is 5.91 Å². The van der Waals surface area contributed by atoms with Crippen LogP contribution < -0.4 is 15.4 Å². The Bertz CT molecular complexity index is 1250. The van der Waals surface area contributed by atoms with Crippen molar-refractivity contribution < 1.29 is 13.9 Å². The van der Waals surface area contributed by atoms with E-state index in [0.717, 1.165) is 28.8 Å². The highest BCUT2D eigenvalue weighted by Gasteiger charge is 2.13. The van der Waals surface area contributed by atoms with Crippen LogP contribution in [0.5, 0.6) is 5.75 Å². The molecule has 31 heavy (non-hydrogen) atoms. The molecule has 0 fully saturated rings. The van der Waals surface area contributed by atoms with Crippen LogP contribution in [0.15, 0.2) is 71.1 Å². The van der Waals surface area contributed by atoms with Crippen LogP contribution in [-0.2, 0) is 6.42 Å². The molecule has 0 radical (unpaired) electrons. The van der Waals surface area contributed by atoms with E-state index >= 15 is 0 Å². The highest BCUT2D eigenvalue weighted by molar-refractivity contribution is 7.80. The van der Waals surface area contributed by atoms with Gasteiger partial charge in [-0.15, -0.1) is 0 Å². The number of hydrogen-bond donors (Lipinski definition) is 2. The second-order valence-electron chi connectivity index (χ2n) is 6.86. The van der Waals surface area contributed by atoms with Gasteiger partial charge in [0.15, 0.2) is 10.7 Å². The summed E-state index contributed by atoms with van der Waals surface area (Å²) in [6, 6.07) is 20.5. The summed E-state index contributed by atoms with van der Waals surface area (Å²) >= 11 is 5.27. The molecule has 4 aromatic rings. The summed E-state index contributed by atoms with van der Waals surface area (Å²) in [4.78, 5) is 17.0. The van der Waals surface area contributed by atoms with Crippen molar-refractivity contribution in [3.63, 3.8) is 0 Å². The molecule has 7 heteroatoms. The van der Waals surface area contributed by atoms with Gasteiger partial charge in [-0.2, -0.15) is 0 Å². The summed E-state index contributed by atoms with van der Waals surface area (Å²) in [5.41, 5.74) is 4.82. The van der Waals surface area contributed by atoms with E-state index < -0.39 is 0 Å². The van der Waals surface area contributed by atoms with Crippen molar-refractivity contribution in [1.29, 1.82) is 0 Å². The van der Waals surface area contributed by atoms with Crippen LogP contribution >= 0.6 is 12.2 Å². The minimum absolute atomic E-state index is 0.192. The Labute approximate surface area is 185 Å². The van der Waals surface area contributed by atoms with Crippen molar-refractivity contribution in [2.75, 3.05) is 12.4 Å². The van der Waals surface area contributed by atoms with Gasteiger partial charge in [0.1, 0.15) is 11.3 Å². The molecule has 1 amide bonds. The first-order chi connectivity index (χ1) is 15.1. The molecule has 6 nitrogen and oxygen atoms in total. The maximum absolute atomic E-state index is 12.5. The lowest BCUT2D eigenvalue weighted by atomic mass is 10.1. The maximum Gasteiger partial charge on any atom is 0.261 e. The normalized spacial score (nSPS) is 10.6. The topological polar surface area (TPSA) is 76.4 Å². The number of rotatable bonds is 5. The highest BCUT2D eigenvalue weighted by atomic mass is 32.1. The predicted molar refractivity (Wildman–Crippen MR) is 126 cm³/mol. The van der Waals surface area contributed by atoms with Crippen LogP contribution in [0.1, 0.15) is 22.8 Å². The fourth-order valence-electron chi connectivity index (χ4n) is 3.18. The number of hydrogen-bond acceptors (Lipinski definition) is 5. The maximum atomic E-state index is 12.5. The van der Waals surface area contributed by atoms with Gasteiger partial charge in [-0.25, -0.2) is 4.98 Å². The molecule has 0 aliphatic rings. The number of carbonyl (C=O) groups is 1. The Morgan fingerprint density at radius 3 is 2.61 bits per heavy atom. The van der Waals surface area contributed by atoms with E-state index in [4.69, 9.17) is 21.4 Å². The number of nitrogens with zero attached hydrogens (tertiary/aromatic N) is 1. The lowest BCUT2D eigenvalue weighted by Gasteiger charge is -2.11. The first kappa shape index (κ1) is 20.6. The van der Waals surface area contributed by atoms with Gasteiger partial charge >= 0.3 is 0 Å². The number of amides is 1. The summed E-state index contributed by atoms with van der Waals surface area (Å²) in [5, 5.41) is 5.87. The molecule has 0 atom stereocenters. The van der Waals surface area contributed by atoms with Crippen molar-refractivity contribution in [3.05, 3.63) is 77.9 Å². The zero-order valence-corrected chi connectivity index (χ0v) is 18.0. The Hall–Kier alpha value is -3.71. The SMILES string of the molecule is CCc1ccc2oc(-c3ccc(NC(=S)NC(=O)c4ccccc4OC)cc3)nc2c1. The standard InChI is InChI=1S/C24H21N3O3S/c1-3-15-8-13-21-19(14-15)26-23(30-21)16-9-11-17(12-10-16)25-24(31)27-22(28)18-6-4-5-7-20(18)29-2/h4-14H,3H2,1-2H3,(H2,25,27,28,31). The van der Waals surface area contributed by atoms with Gasteiger partial charge in [0, 0.05) is 11.3 Å². The highest BCUT2D eigenvalue weighted by Crippen LogP contribution is 2.26. The predicted octanol–water partition coefficient (Wildman–Crippen LogP) is 5.19. The third-order valence-corrected chi connectivity index (χ3v) is 5.03. The number of thiocarbonyl (C=S) groups is 1. The second-order valence-corrected chi connectivity index (χ2v) is 7.27. The van der Waals surface area contributed by atoms with Crippen LogP contribution in [0.4, 0.5) is 5.69 Å². The number of carbonyl (C=O) groups excluding carboxylic acids is 1. The Morgan fingerprint density at radius 2 is 1.87 bits per heavy atom. The minimum atomic E-state index is -0.343. The molecule has 156 valence electrons. The van der Waals surface area contributed by atoms with Gasteiger partial charge in [-0.3, -0.25) is 10.1 Å². The molecule has 1 aromatic heterocycles. The number of anilines is 1. The van der Waals surface area contributed by atoms with Crippen molar-refractivity contribution in [2.24, 2.45) is 0 Å². The number of ether oxygens (including phenoxy) is 1. The molecular formula is C24H21N3O3S. The number of nitrogens with one attached hydrogen (secondary N) is 2. The summed E-state index contributed by atoms with van der Waals surface area (Å²) < 4.78 is 11.1. The van der Waals surface area contributed by atoms with E-state index in [2.05, 4.69) is 22.5 Å². The lowest BCUT2D eigenvalue weighted by Crippen LogP contribution is -2.34. The number of aromatic nitrogens is 1. The molecule has 4 rings (SSSR count). The van der Waals surface area contributed by atoms with Gasteiger partial charge < -0.3 is 14.5 Å². The zero-order chi connectivity index (χ0) is 21.8. The van der Waals surface area contributed by atoms with Crippen molar-refractivity contribution in [2.45, 2.75) is 13.3 Å². The van der Waals surface area contributed by atoms with Crippen molar-refractivity contribution in [3.8, 4) is 17.2 Å². The number of fused-ring (bicyclic) bond motifs is 1.